The maximum absolute atomic E-state index is 11.5. The zero-order valence-electron chi connectivity index (χ0n) is 23.0. The van der Waals surface area contributed by atoms with Crippen molar-refractivity contribution in [2.75, 3.05) is 19.6 Å². The number of likely N-dealkylation sites (tertiary alicyclic amines) is 1. The van der Waals surface area contributed by atoms with Gasteiger partial charge in [0.1, 0.15) is 0 Å². The molecule has 2 heterocycles. The highest BCUT2D eigenvalue weighted by Gasteiger charge is 2.39. The van der Waals surface area contributed by atoms with Gasteiger partial charge in [-0.3, -0.25) is 4.79 Å². The fourth-order valence-electron chi connectivity index (χ4n) is 5.72. The molecule has 0 spiro atoms. The second kappa shape index (κ2) is 12.9. The molecular formula is C33H40N2O4. The van der Waals surface area contributed by atoms with E-state index < -0.39 is 6.29 Å². The highest BCUT2D eigenvalue weighted by Crippen LogP contribution is 2.42. The molecule has 1 amide bonds. The first-order chi connectivity index (χ1) is 19.0. The van der Waals surface area contributed by atoms with Crippen LogP contribution in [0, 0.1) is 5.92 Å². The van der Waals surface area contributed by atoms with Crippen LogP contribution in [0.1, 0.15) is 67.8 Å². The molecule has 6 heteroatoms. The van der Waals surface area contributed by atoms with Crippen molar-refractivity contribution >= 4 is 5.91 Å². The molecule has 5 rings (SSSR count). The summed E-state index contributed by atoms with van der Waals surface area (Å²) in [5, 5.41) is 12.4. The van der Waals surface area contributed by atoms with Crippen LogP contribution in [0.25, 0.3) is 11.1 Å². The quantitative estimate of drug-likeness (QED) is 0.389. The molecule has 3 aromatic rings. The number of rotatable bonds is 8. The highest BCUT2D eigenvalue weighted by atomic mass is 16.7. The van der Waals surface area contributed by atoms with Gasteiger partial charge in [0.25, 0.3) is 0 Å². The first-order valence-electron chi connectivity index (χ1n) is 14.2. The number of carbonyl (C=O) groups is 1. The third kappa shape index (κ3) is 6.76. The molecule has 0 bridgehead atoms. The fraction of sp³-hybridized carbons (Fsp3) is 0.424. The molecule has 39 heavy (non-hydrogen) atoms. The van der Waals surface area contributed by atoms with E-state index in [0.29, 0.717) is 6.54 Å². The van der Waals surface area contributed by atoms with E-state index in [-0.39, 0.29) is 30.6 Å². The van der Waals surface area contributed by atoms with Crippen LogP contribution in [-0.2, 0) is 27.4 Å². The Bertz CT molecular complexity index is 1220. The Kier molecular flexibility index (Phi) is 9.09. The molecule has 0 radical (unpaired) electrons. The number of nitrogens with one attached hydrogen (secondary N) is 1. The third-order valence-electron chi connectivity index (χ3n) is 8.05. The number of hydrogen-bond acceptors (Lipinski definition) is 5. The Hall–Kier alpha value is -3.03. The number of benzene rings is 3. The maximum Gasteiger partial charge on any atom is 0.217 e. The van der Waals surface area contributed by atoms with Crippen molar-refractivity contribution in [2.45, 2.75) is 64.8 Å². The number of amides is 1. The molecule has 4 unspecified atom stereocenters. The van der Waals surface area contributed by atoms with Crippen LogP contribution in [0.2, 0.25) is 0 Å². The van der Waals surface area contributed by atoms with Crippen LogP contribution >= 0.6 is 0 Å². The van der Waals surface area contributed by atoms with E-state index in [2.05, 4.69) is 59.6 Å². The monoisotopic (exact) mass is 528 g/mol. The average Bonchev–Trinajstić information content (AvgIpc) is 2.98. The summed E-state index contributed by atoms with van der Waals surface area (Å²) in [6.07, 6.45) is 3.27. The molecule has 2 aliphatic heterocycles. The van der Waals surface area contributed by atoms with Crippen LogP contribution in [0.15, 0.2) is 72.8 Å². The number of carbonyl (C=O) groups excluding carboxylic acids is 1. The Morgan fingerprint density at radius 2 is 1.62 bits per heavy atom. The van der Waals surface area contributed by atoms with Crippen molar-refractivity contribution in [1.82, 2.24) is 10.2 Å². The predicted octanol–water partition coefficient (Wildman–Crippen LogP) is 5.76. The van der Waals surface area contributed by atoms with Gasteiger partial charge in [-0.1, -0.05) is 86.1 Å². The van der Waals surface area contributed by atoms with Crippen molar-refractivity contribution in [3.63, 3.8) is 0 Å². The zero-order valence-corrected chi connectivity index (χ0v) is 23.0. The summed E-state index contributed by atoms with van der Waals surface area (Å²) >= 11 is 0. The van der Waals surface area contributed by atoms with Crippen LogP contribution < -0.4 is 5.32 Å². The minimum Gasteiger partial charge on any atom is -0.392 e. The molecule has 6 nitrogen and oxygen atoms in total. The SMILES string of the molecule is CC(=O)NCc1ccccc1-c1ccc(C2OC(CN3CCCCC3)C(C)C(c3ccc(CO)cc3)O2)cc1. The molecule has 0 aromatic heterocycles. The van der Waals surface area contributed by atoms with Gasteiger partial charge in [0.15, 0.2) is 6.29 Å². The van der Waals surface area contributed by atoms with E-state index in [1.54, 1.807) is 0 Å². The molecule has 3 aromatic carbocycles. The number of aliphatic hydroxyl groups is 1. The van der Waals surface area contributed by atoms with Crippen molar-refractivity contribution < 1.29 is 19.4 Å². The van der Waals surface area contributed by atoms with E-state index in [0.717, 1.165) is 53.0 Å². The van der Waals surface area contributed by atoms with Gasteiger partial charge in [-0.25, -0.2) is 0 Å². The van der Waals surface area contributed by atoms with Gasteiger partial charge in [0.2, 0.25) is 5.91 Å². The van der Waals surface area contributed by atoms with Gasteiger partial charge in [-0.2, -0.15) is 0 Å². The molecule has 206 valence electrons. The van der Waals surface area contributed by atoms with E-state index in [1.165, 1.54) is 26.2 Å². The lowest BCUT2D eigenvalue weighted by Gasteiger charge is -2.43. The molecule has 2 N–H and O–H groups in total. The topological polar surface area (TPSA) is 71.0 Å². The molecular weight excluding hydrogens is 488 g/mol. The third-order valence-corrected chi connectivity index (χ3v) is 8.05. The average molecular weight is 529 g/mol. The molecule has 2 saturated heterocycles. The lowest BCUT2D eigenvalue weighted by atomic mass is 9.89. The van der Waals surface area contributed by atoms with Crippen molar-refractivity contribution in [3.8, 4) is 11.1 Å². The van der Waals surface area contributed by atoms with E-state index in [4.69, 9.17) is 9.47 Å². The minimum atomic E-state index is -0.470. The normalized spacial score (nSPS) is 23.9. The van der Waals surface area contributed by atoms with Gasteiger partial charge in [-0.05, 0) is 53.7 Å². The van der Waals surface area contributed by atoms with Gasteiger partial charge in [0, 0.05) is 31.5 Å². The smallest absolute Gasteiger partial charge is 0.217 e. The second-order valence-corrected chi connectivity index (χ2v) is 10.9. The molecule has 0 saturated carbocycles. The zero-order chi connectivity index (χ0) is 27.2. The first kappa shape index (κ1) is 27.5. The Labute approximate surface area is 232 Å². The minimum absolute atomic E-state index is 0.0327. The first-order valence-corrected chi connectivity index (χ1v) is 14.2. The summed E-state index contributed by atoms with van der Waals surface area (Å²) in [6, 6.07) is 24.6. The lowest BCUT2D eigenvalue weighted by molar-refractivity contribution is -0.276. The standard InChI is InChI=1S/C33H40N2O4/c1-23-31(21-35-18-6-3-7-19-35)38-33(39-32(23)27-12-10-25(22-36)11-13-27)28-16-14-26(15-17-28)30-9-5-4-8-29(30)20-34-24(2)37/h4-5,8-17,23,31-33,36H,3,6-7,18-22H2,1-2H3,(H,34,37). The van der Waals surface area contributed by atoms with Crippen LogP contribution in [-0.4, -0.2) is 41.7 Å². The van der Waals surface area contributed by atoms with Gasteiger partial charge >= 0.3 is 0 Å². The van der Waals surface area contributed by atoms with Gasteiger partial charge in [-0.15, -0.1) is 0 Å². The molecule has 0 aliphatic carbocycles. The second-order valence-electron chi connectivity index (χ2n) is 10.9. The van der Waals surface area contributed by atoms with Crippen molar-refractivity contribution in [3.05, 3.63) is 95.1 Å². The van der Waals surface area contributed by atoms with Crippen LogP contribution in [0.5, 0.6) is 0 Å². The molecule has 2 fully saturated rings. The van der Waals surface area contributed by atoms with Crippen molar-refractivity contribution in [1.29, 1.82) is 0 Å². The van der Waals surface area contributed by atoms with E-state index in [1.807, 2.05) is 30.3 Å². The summed E-state index contributed by atoms with van der Waals surface area (Å²) in [7, 11) is 0. The molecule has 4 atom stereocenters. The van der Waals surface area contributed by atoms with Crippen LogP contribution in [0.4, 0.5) is 0 Å². The number of hydrogen-bond donors (Lipinski definition) is 2. The highest BCUT2D eigenvalue weighted by molar-refractivity contribution is 5.74. The summed E-state index contributed by atoms with van der Waals surface area (Å²) in [5.41, 5.74) is 6.26. The number of nitrogens with zero attached hydrogens (tertiary/aromatic N) is 1. The Morgan fingerprint density at radius 1 is 0.923 bits per heavy atom. The summed E-state index contributed by atoms with van der Waals surface area (Å²) < 4.78 is 13.3. The Balaban J connectivity index is 1.39. The Morgan fingerprint density at radius 3 is 2.31 bits per heavy atom. The number of ether oxygens (including phenoxy) is 2. The lowest BCUT2D eigenvalue weighted by Crippen LogP contribution is -2.45. The number of piperidine rings is 1. The number of aliphatic hydroxyl groups excluding tert-OH is 1. The van der Waals surface area contributed by atoms with E-state index in [9.17, 15) is 9.90 Å². The van der Waals surface area contributed by atoms with Gasteiger partial charge < -0.3 is 24.8 Å². The van der Waals surface area contributed by atoms with E-state index >= 15 is 0 Å². The largest absolute Gasteiger partial charge is 0.392 e. The summed E-state index contributed by atoms with van der Waals surface area (Å²) in [6.45, 7) is 7.45. The predicted molar refractivity (Wildman–Crippen MR) is 153 cm³/mol. The summed E-state index contributed by atoms with van der Waals surface area (Å²) in [5.74, 6) is 0.142. The fourth-order valence-corrected chi connectivity index (χ4v) is 5.72. The molecule has 2 aliphatic rings. The van der Waals surface area contributed by atoms with Crippen LogP contribution in [0.3, 0.4) is 0 Å². The van der Waals surface area contributed by atoms with Crippen molar-refractivity contribution in [2.24, 2.45) is 5.92 Å². The maximum atomic E-state index is 11.5. The summed E-state index contributed by atoms with van der Waals surface area (Å²) in [4.78, 5) is 14.0. The van der Waals surface area contributed by atoms with Gasteiger partial charge in [0.05, 0.1) is 18.8 Å².